The molecule has 8 heteroatoms. The van der Waals surface area contributed by atoms with Crippen molar-refractivity contribution in [1.82, 2.24) is 20.8 Å². The third kappa shape index (κ3) is 4.95. The first-order valence-electron chi connectivity index (χ1n) is 6.70. The van der Waals surface area contributed by atoms with Gasteiger partial charge in [0, 0.05) is 30.8 Å². The molecule has 1 aromatic heterocycles. The molecule has 0 saturated carbocycles. The second kappa shape index (κ2) is 7.74. The molecule has 0 aliphatic heterocycles. The first kappa shape index (κ1) is 16.2. The molecule has 118 valence electrons. The van der Waals surface area contributed by atoms with Gasteiger partial charge in [-0.2, -0.15) is 0 Å². The van der Waals surface area contributed by atoms with E-state index in [4.69, 9.17) is 0 Å². The predicted molar refractivity (Wildman–Crippen MR) is 77.6 cm³/mol. The van der Waals surface area contributed by atoms with Crippen LogP contribution in [0.5, 0.6) is 0 Å². The normalized spacial score (nSPS) is 9.96. The van der Waals surface area contributed by atoms with Crippen LogP contribution in [-0.2, 0) is 4.79 Å². The number of amides is 2. The van der Waals surface area contributed by atoms with Crippen LogP contribution in [0.2, 0.25) is 0 Å². The van der Waals surface area contributed by atoms with Gasteiger partial charge >= 0.3 is 0 Å². The molecule has 0 radical (unpaired) electrons. The zero-order valence-electron chi connectivity index (χ0n) is 12.0. The Bertz CT molecular complexity index is 704. The van der Waals surface area contributed by atoms with Gasteiger partial charge in [-0.1, -0.05) is 0 Å². The van der Waals surface area contributed by atoms with Gasteiger partial charge in [-0.15, -0.1) is 0 Å². The maximum Gasteiger partial charge on any atom is 0.289 e. The van der Waals surface area contributed by atoms with Gasteiger partial charge in [0.2, 0.25) is 5.91 Å². The molecule has 7 nitrogen and oxygen atoms in total. The second-order valence-electron chi connectivity index (χ2n) is 4.52. The lowest BCUT2D eigenvalue weighted by Gasteiger charge is -2.06. The summed E-state index contributed by atoms with van der Waals surface area (Å²) in [6.45, 7) is 0. The van der Waals surface area contributed by atoms with E-state index < -0.39 is 17.6 Å². The van der Waals surface area contributed by atoms with E-state index >= 15 is 0 Å². The molecule has 0 saturated heterocycles. The van der Waals surface area contributed by atoms with E-state index in [1.165, 1.54) is 42.9 Å². The van der Waals surface area contributed by atoms with Crippen LogP contribution in [0, 0.1) is 5.82 Å². The van der Waals surface area contributed by atoms with Gasteiger partial charge < -0.3 is 0 Å². The van der Waals surface area contributed by atoms with Gasteiger partial charge in [-0.3, -0.25) is 30.2 Å². The highest BCUT2D eigenvalue weighted by Gasteiger charge is 2.11. The minimum atomic E-state index is -0.615. The van der Waals surface area contributed by atoms with Crippen molar-refractivity contribution in [2.24, 2.45) is 0 Å². The van der Waals surface area contributed by atoms with Crippen LogP contribution in [0.3, 0.4) is 0 Å². The van der Waals surface area contributed by atoms with Gasteiger partial charge in [0.1, 0.15) is 11.5 Å². The number of nitrogens with one attached hydrogen (secondary N) is 2. The predicted octanol–water partition coefficient (Wildman–Crippen LogP) is 1.04. The summed E-state index contributed by atoms with van der Waals surface area (Å²) < 4.78 is 12.8. The van der Waals surface area contributed by atoms with Gasteiger partial charge in [-0.25, -0.2) is 9.37 Å². The van der Waals surface area contributed by atoms with Crippen molar-refractivity contribution in [3.63, 3.8) is 0 Å². The fourth-order valence-electron chi connectivity index (χ4n) is 1.68. The molecule has 0 unspecified atom stereocenters. The number of hydrogen-bond acceptors (Lipinski definition) is 5. The Morgan fingerprint density at radius 1 is 1.00 bits per heavy atom. The lowest BCUT2D eigenvalue weighted by molar-refractivity contribution is -0.121. The van der Waals surface area contributed by atoms with Crippen molar-refractivity contribution in [1.29, 1.82) is 0 Å². The lowest BCUT2D eigenvalue weighted by atomic mass is 10.1. The van der Waals surface area contributed by atoms with E-state index in [0.29, 0.717) is 5.56 Å². The standard InChI is InChI=1S/C15H13FN4O3/c16-11-3-1-10(2-4-11)13(21)5-6-14(22)19-20-15(23)12-9-17-7-8-18-12/h1-4,7-9H,5-6H2,(H,19,22)(H,20,23). The van der Waals surface area contributed by atoms with Gasteiger partial charge in [0.05, 0.1) is 6.20 Å². The zero-order valence-corrected chi connectivity index (χ0v) is 12.0. The Balaban J connectivity index is 1.76. The summed E-state index contributed by atoms with van der Waals surface area (Å²) in [4.78, 5) is 42.5. The minimum Gasteiger partial charge on any atom is -0.294 e. The first-order chi connectivity index (χ1) is 11.1. The van der Waals surface area contributed by atoms with Crippen LogP contribution < -0.4 is 10.9 Å². The Hall–Kier alpha value is -3.16. The van der Waals surface area contributed by atoms with Crippen LogP contribution in [0.25, 0.3) is 0 Å². The van der Waals surface area contributed by atoms with Crippen LogP contribution in [0.15, 0.2) is 42.9 Å². The molecule has 0 fully saturated rings. The highest BCUT2D eigenvalue weighted by Crippen LogP contribution is 2.07. The van der Waals surface area contributed by atoms with Crippen LogP contribution in [0.4, 0.5) is 4.39 Å². The Labute approximate surface area is 130 Å². The summed E-state index contributed by atoms with van der Waals surface area (Å²) >= 11 is 0. The molecule has 2 rings (SSSR count). The van der Waals surface area contributed by atoms with E-state index in [0.717, 1.165) is 0 Å². The Morgan fingerprint density at radius 2 is 1.74 bits per heavy atom. The molecule has 23 heavy (non-hydrogen) atoms. The largest absolute Gasteiger partial charge is 0.294 e. The monoisotopic (exact) mass is 316 g/mol. The summed E-state index contributed by atoms with van der Waals surface area (Å²) in [7, 11) is 0. The van der Waals surface area contributed by atoms with Crippen molar-refractivity contribution >= 4 is 17.6 Å². The quantitative estimate of drug-likeness (QED) is 0.634. The fourth-order valence-corrected chi connectivity index (χ4v) is 1.68. The SMILES string of the molecule is O=C(CCC(=O)c1ccc(F)cc1)NNC(=O)c1cnccn1. The molecular weight excluding hydrogens is 303 g/mol. The molecule has 0 bridgehead atoms. The number of rotatable bonds is 5. The van der Waals surface area contributed by atoms with Gasteiger partial charge in [0.15, 0.2) is 5.78 Å². The van der Waals surface area contributed by atoms with Crippen molar-refractivity contribution in [3.8, 4) is 0 Å². The molecule has 0 spiro atoms. The average Bonchev–Trinajstić information content (AvgIpc) is 2.59. The number of carbonyl (C=O) groups is 3. The van der Waals surface area contributed by atoms with Gasteiger partial charge in [-0.05, 0) is 24.3 Å². The van der Waals surface area contributed by atoms with Crippen molar-refractivity contribution in [2.75, 3.05) is 0 Å². The molecular formula is C15H13FN4O3. The summed E-state index contributed by atoms with van der Waals surface area (Å²) in [5, 5.41) is 0. The summed E-state index contributed by atoms with van der Waals surface area (Å²) in [5.41, 5.74) is 4.72. The molecule has 0 aliphatic carbocycles. The number of nitrogens with zero attached hydrogens (tertiary/aromatic N) is 2. The molecule has 2 amide bonds. The molecule has 1 heterocycles. The summed E-state index contributed by atoms with van der Waals surface area (Å²) in [6, 6.07) is 5.06. The Kier molecular flexibility index (Phi) is 5.45. The summed E-state index contributed by atoms with van der Waals surface area (Å²) in [6.07, 6.45) is 3.84. The maximum absolute atomic E-state index is 12.8. The zero-order chi connectivity index (χ0) is 16.7. The molecule has 0 aliphatic rings. The molecule has 2 N–H and O–H groups in total. The third-order valence-corrected chi connectivity index (χ3v) is 2.86. The number of carbonyl (C=O) groups excluding carboxylic acids is 3. The smallest absolute Gasteiger partial charge is 0.289 e. The Morgan fingerprint density at radius 3 is 2.39 bits per heavy atom. The molecule has 0 atom stereocenters. The number of hydrazine groups is 1. The van der Waals surface area contributed by atoms with Crippen molar-refractivity contribution in [3.05, 3.63) is 59.9 Å². The van der Waals surface area contributed by atoms with Crippen molar-refractivity contribution < 1.29 is 18.8 Å². The maximum atomic E-state index is 12.8. The number of aromatic nitrogens is 2. The summed E-state index contributed by atoms with van der Waals surface area (Å²) in [5.74, 6) is -1.87. The molecule has 1 aromatic carbocycles. The van der Waals surface area contributed by atoms with E-state index in [1.807, 2.05) is 0 Å². The van der Waals surface area contributed by atoms with Gasteiger partial charge in [0.25, 0.3) is 5.91 Å². The van der Waals surface area contributed by atoms with E-state index in [1.54, 1.807) is 0 Å². The van der Waals surface area contributed by atoms with E-state index in [2.05, 4.69) is 20.8 Å². The topological polar surface area (TPSA) is 101 Å². The first-order valence-corrected chi connectivity index (χ1v) is 6.70. The average molecular weight is 316 g/mol. The van der Waals surface area contributed by atoms with E-state index in [9.17, 15) is 18.8 Å². The fraction of sp³-hybridized carbons (Fsp3) is 0.133. The number of benzene rings is 1. The number of halogens is 1. The van der Waals surface area contributed by atoms with Crippen molar-refractivity contribution in [2.45, 2.75) is 12.8 Å². The lowest BCUT2D eigenvalue weighted by Crippen LogP contribution is -2.42. The second-order valence-corrected chi connectivity index (χ2v) is 4.52. The highest BCUT2D eigenvalue weighted by atomic mass is 19.1. The minimum absolute atomic E-state index is 0.0511. The highest BCUT2D eigenvalue weighted by molar-refractivity contribution is 5.98. The number of ketones is 1. The number of Topliss-reactive ketones (excluding diaryl/α,β-unsaturated/α-hetero) is 1. The third-order valence-electron chi connectivity index (χ3n) is 2.86. The van der Waals surface area contributed by atoms with Crippen LogP contribution >= 0.6 is 0 Å². The van der Waals surface area contributed by atoms with Crippen LogP contribution in [-0.4, -0.2) is 27.6 Å². The van der Waals surface area contributed by atoms with E-state index in [-0.39, 0.29) is 24.3 Å². The molecule has 2 aromatic rings. The number of hydrogen-bond donors (Lipinski definition) is 2. The van der Waals surface area contributed by atoms with Crippen LogP contribution in [0.1, 0.15) is 33.7 Å².